The molecule has 1 saturated carbocycles. The number of rotatable bonds is 7. The lowest BCUT2D eigenvalue weighted by molar-refractivity contribution is 0.110. The molecular weight excluding hydrogens is 278 g/mol. The van der Waals surface area contributed by atoms with Gasteiger partial charge in [0.25, 0.3) is 0 Å². The first-order valence-corrected chi connectivity index (χ1v) is 7.06. The first kappa shape index (κ1) is 13.1. The number of nitrogens with one attached hydrogen (secondary N) is 1. The van der Waals surface area contributed by atoms with E-state index in [1.807, 2.05) is 7.05 Å². The van der Waals surface area contributed by atoms with E-state index in [0.717, 1.165) is 30.1 Å². The molecule has 1 aliphatic carbocycles. The summed E-state index contributed by atoms with van der Waals surface area (Å²) in [5.41, 5.74) is 1.34. The van der Waals surface area contributed by atoms with E-state index in [4.69, 9.17) is 4.74 Å². The molecule has 1 aliphatic rings. The third-order valence-electron chi connectivity index (χ3n) is 3.14. The molecule has 0 aliphatic heterocycles. The van der Waals surface area contributed by atoms with Crippen molar-refractivity contribution in [3.63, 3.8) is 0 Å². The van der Waals surface area contributed by atoms with Crippen molar-refractivity contribution in [2.75, 3.05) is 26.8 Å². The van der Waals surface area contributed by atoms with Crippen LogP contribution in [0.4, 0.5) is 0 Å². The Kier molecular flexibility index (Phi) is 5.01. The molecule has 1 aromatic carbocycles. The third kappa shape index (κ3) is 4.41. The van der Waals surface area contributed by atoms with Gasteiger partial charge < -0.3 is 10.1 Å². The van der Waals surface area contributed by atoms with E-state index in [-0.39, 0.29) is 0 Å². The van der Waals surface area contributed by atoms with Crippen LogP contribution in [0.3, 0.4) is 0 Å². The van der Waals surface area contributed by atoms with Gasteiger partial charge in [0.15, 0.2) is 0 Å². The van der Waals surface area contributed by atoms with E-state index in [0.29, 0.717) is 5.92 Å². The highest BCUT2D eigenvalue weighted by atomic mass is 79.9. The van der Waals surface area contributed by atoms with Crippen molar-refractivity contribution in [1.29, 1.82) is 0 Å². The van der Waals surface area contributed by atoms with E-state index >= 15 is 0 Å². The molecule has 94 valence electrons. The predicted octanol–water partition coefficient (Wildman–Crippen LogP) is 3.18. The van der Waals surface area contributed by atoms with Crippen LogP contribution in [0.5, 0.6) is 0 Å². The molecule has 3 heteroatoms. The molecule has 1 N–H and O–H groups in total. The highest BCUT2D eigenvalue weighted by Crippen LogP contribution is 2.29. The maximum Gasteiger partial charge on any atom is 0.0547 e. The van der Waals surface area contributed by atoms with Crippen molar-refractivity contribution in [1.82, 2.24) is 5.32 Å². The van der Waals surface area contributed by atoms with E-state index < -0.39 is 0 Å². The zero-order chi connectivity index (χ0) is 12.1. The minimum atomic E-state index is 0.441. The molecule has 0 spiro atoms. The largest absolute Gasteiger partial charge is 0.380 e. The summed E-state index contributed by atoms with van der Waals surface area (Å²) in [6, 6.07) is 8.50. The Hall–Kier alpha value is -0.380. The number of hydrogen-bond acceptors (Lipinski definition) is 2. The van der Waals surface area contributed by atoms with E-state index in [9.17, 15) is 0 Å². The van der Waals surface area contributed by atoms with Crippen LogP contribution >= 0.6 is 15.9 Å². The smallest absolute Gasteiger partial charge is 0.0547 e. The van der Waals surface area contributed by atoms with Gasteiger partial charge in [-0.3, -0.25) is 0 Å². The van der Waals surface area contributed by atoms with Crippen molar-refractivity contribution >= 4 is 15.9 Å². The molecule has 0 radical (unpaired) electrons. The number of benzene rings is 1. The van der Waals surface area contributed by atoms with Crippen molar-refractivity contribution in [3.8, 4) is 0 Å². The maximum absolute atomic E-state index is 5.81. The average molecular weight is 298 g/mol. The van der Waals surface area contributed by atoms with E-state index in [1.54, 1.807) is 0 Å². The van der Waals surface area contributed by atoms with Crippen LogP contribution in [0.1, 0.15) is 24.3 Å². The minimum absolute atomic E-state index is 0.441. The predicted molar refractivity (Wildman–Crippen MR) is 74.4 cm³/mol. The zero-order valence-electron chi connectivity index (χ0n) is 10.3. The van der Waals surface area contributed by atoms with Gasteiger partial charge in [-0.05, 0) is 43.5 Å². The van der Waals surface area contributed by atoms with Crippen LogP contribution in [0.15, 0.2) is 28.7 Å². The Morgan fingerprint density at radius 2 is 2.29 bits per heavy atom. The Labute approximate surface area is 112 Å². The van der Waals surface area contributed by atoms with Gasteiger partial charge in [0, 0.05) is 23.5 Å². The quantitative estimate of drug-likeness (QED) is 0.835. The van der Waals surface area contributed by atoms with Crippen molar-refractivity contribution in [2.45, 2.75) is 18.8 Å². The second-order valence-corrected chi connectivity index (χ2v) is 5.71. The second-order valence-electron chi connectivity index (χ2n) is 4.79. The van der Waals surface area contributed by atoms with Gasteiger partial charge in [0.05, 0.1) is 6.61 Å². The van der Waals surface area contributed by atoms with Crippen LogP contribution in [0, 0.1) is 5.92 Å². The zero-order valence-corrected chi connectivity index (χ0v) is 11.9. The first-order chi connectivity index (χ1) is 8.29. The molecule has 1 aromatic rings. The van der Waals surface area contributed by atoms with Gasteiger partial charge >= 0.3 is 0 Å². The number of ether oxygens (including phenoxy) is 1. The molecule has 0 saturated heterocycles. The van der Waals surface area contributed by atoms with E-state index in [2.05, 4.69) is 45.5 Å². The fourth-order valence-corrected chi connectivity index (χ4v) is 2.36. The van der Waals surface area contributed by atoms with Gasteiger partial charge in [0.1, 0.15) is 0 Å². The number of likely N-dealkylation sites (N-methyl/N-ethyl adjacent to an activating group) is 1. The second kappa shape index (κ2) is 6.53. The summed E-state index contributed by atoms with van der Waals surface area (Å²) in [5, 5.41) is 3.24. The molecule has 0 aromatic heterocycles. The Bertz CT molecular complexity index is 352. The fraction of sp³-hybridized carbons (Fsp3) is 0.571. The lowest BCUT2D eigenvalue weighted by Gasteiger charge is -2.17. The van der Waals surface area contributed by atoms with Crippen LogP contribution in [0.25, 0.3) is 0 Å². The summed E-state index contributed by atoms with van der Waals surface area (Å²) in [7, 11) is 1.99. The van der Waals surface area contributed by atoms with Crippen molar-refractivity contribution in [2.24, 2.45) is 5.92 Å². The SMILES string of the molecule is CNCC(COCC1CC1)c1cccc(Br)c1. The van der Waals surface area contributed by atoms with Crippen LogP contribution in [-0.4, -0.2) is 26.8 Å². The Morgan fingerprint density at radius 3 is 2.94 bits per heavy atom. The minimum Gasteiger partial charge on any atom is -0.380 e. The molecule has 17 heavy (non-hydrogen) atoms. The number of halogens is 1. The molecule has 2 rings (SSSR count). The summed E-state index contributed by atoms with van der Waals surface area (Å²) >= 11 is 3.52. The lowest BCUT2D eigenvalue weighted by Crippen LogP contribution is -2.22. The standard InChI is InChI=1S/C14H20BrNO/c1-16-8-13(10-17-9-11-5-6-11)12-3-2-4-14(15)7-12/h2-4,7,11,13,16H,5-6,8-10H2,1H3. The average Bonchev–Trinajstić information content (AvgIpc) is 3.12. The van der Waals surface area contributed by atoms with Gasteiger partial charge in [-0.2, -0.15) is 0 Å². The molecule has 0 heterocycles. The third-order valence-corrected chi connectivity index (χ3v) is 3.63. The van der Waals surface area contributed by atoms with Crippen molar-refractivity contribution < 1.29 is 4.74 Å². The summed E-state index contributed by atoms with van der Waals surface area (Å²) < 4.78 is 6.95. The highest BCUT2D eigenvalue weighted by Gasteiger charge is 2.22. The Morgan fingerprint density at radius 1 is 1.47 bits per heavy atom. The number of hydrogen-bond donors (Lipinski definition) is 1. The lowest BCUT2D eigenvalue weighted by atomic mass is 10.0. The maximum atomic E-state index is 5.81. The fourth-order valence-electron chi connectivity index (χ4n) is 1.94. The van der Waals surface area contributed by atoms with Gasteiger partial charge in [-0.15, -0.1) is 0 Å². The summed E-state index contributed by atoms with van der Waals surface area (Å²) in [6.45, 7) is 2.71. The molecule has 0 bridgehead atoms. The van der Waals surface area contributed by atoms with Crippen LogP contribution in [0.2, 0.25) is 0 Å². The summed E-state index contributed by atoms with van der Waals surface area (Å²) in [5.74, 6) is 1.28. The molecular formula is C14H20BrNO. The monoisotopic (exact) mass is 297 g/mol. The summed E-state index contributed by atoms with van der Waals surface area (Å²) in [6.07, 6.45) is 2.71. The molecule has 1 atom stereocenters. The highest BCUT2D eigenvalue weighted by molar-refractivity contribution is 9.10. The van der Waals surface area contributed by atoms with Gasteiger partial charge in [-0.1, -0.05) is 28.1 Å². The summed E-state index contributed by atoms with van der Waals surface area (Å²) in [4.78, 5) is 0. The molecule has 0 amide bonds. The van der Waals surface area contributed by atoms with Gasteiger partial charge in [0.2, 0.25) is 0 Å². The molecule has 1 unspecified atom stereocenters. The molecule has 2 nitrogen and oxygen atoms in total. The Balaban J connectivity index is 1.89. The topological polar surface area (TPSA) is 21.3 Å². The first-order valence-electron chi connectivity index (χ1n) is 6.27. The molecule has 1 fully saturated rings. The van der Waals surface area contributed by atoms with E-state index in [1.165, 1.54) is 18.4 Å². The normalized spacial score (nSPS) is 17.1. The van der Waals surface area contributed by atoms with Crippen LogP contribution < -0.4 is 5.32 Å². The van der Waals surface area contributed by atoms with Gasteiger partial charge in [-0.25, -0.2) is 0 Å². The van der Waals surface area contributed by atoms with Crippen molar-refractivity contribution in [3.05, 3.63) is 34.3 Å². The van der Waals surface area contributed by atoms with Crippen LogP contribution in [-0.2, 0) is 4.74 Å².